The van der Waals surface area contributed by atoms with Crippen molar-refractivity contribution in [2.24, 2.45) is 12.1 Å². The number of amides is 1. The number of ether oxygens (including phenoxy) is 2. The van der Waals surface area contributed by atoms with E-state index in [1.807, 2.05) is 0 Å². The average molecular weight is 288 g/mol. The molecule has 0 fully saturated rings. The van der Waals surface area contributed by atoms with Gasteiger partial charge in [0.05, 0.1) is 20.4 Å². The fourth-order valence-corrected chi connectivity index (χ4v) is 1.68. The van der Waals surface area contributed by atoms with Crippen LogP contribution < -0.4 is 14.9 Å². The third kappa shape index (κ3) is 3.59. The first-order valence-corrected chi connectivity index (χ1v) is 6.19. The number of methoxy groups -OCH3 is 2. The van der Waals surface area contributed by atoms with Gasteiger partial charge in [-0.2, -0.15) is 10.2 Å². The highest BCUT2D eigenvalue weighted by Gasteiger charge is 2.07. The van der Waals surface area contributed by atoms with E-state index in [2.05, 4.69) is 15.6 Å². The summed E-state index contributed by atoms with van der Waals surface area (Å²) in [7, 11) is 4.87. The molecule has 2 rings (SSSR count). The van der Waals surface area contributed by atoms with E-state index < -0.39 is 0 Å². The molecule has 1 aromatic carbocycles. The molecule has 1 amide bonds. The number of benzene rings is 1. The SMILES string of the molecule is COc1ccc(/C=N\NC(=O)c2ccn(C)n2)c(OC)c1. The Labute approximate surface area is 122 Å². The first kappa shape index (κ1) is 14.6. The number of carbonyl (C=O) groups excluding carboxylic acids is 1. The summed E-state index contributed by atoms with van der Waals surface area (Å²) in [6.07, 6.45) is 3.18. The van der Waals surface area contributed by atoms with Crippen molar-refractivity contribution in [3.8, 4) is 11.5 Å². The van der Waals surface area contributed by atoms with Gasteiger partial charge in [0.25, 0.3) is 5.91 Å². The third-order valence-corrected chi connectivity index (χ3v) is 2.76. The molecule has 1 heterocycles. The summed E-state index contributed by atoms with van der Waals surface area (Å²) in [5, 5.41) is 7.88. The Kier molecular flexibility index (Phi) is 4.55. The minimum absolute atomic E-state index is 0.302. The maximum atomic E-state index is 11.8. The number of carbonyl (C=O) groups is 1. The second-order valence-corrected chi connectivity index (χ2v) is 4.18. The van der Waals surface area contributed by atoms with Crippen LogP contribution in [0, 0.1) is 0 Å². The zero-order chi connectivity index (χ0) is 15.2. The molecule has 21 heavy (non-hydrogen) atoms. The first-order valence-electron chi connectivity index (χ1n) is 6.19. The Morgan fingerprint density at radius 3 is 2.76 bits per heavy atom. The normalized spacial score (nSPS) is 10.6. The molecule has 0 bridgehead atoms. The van der Waals surface area contributed by atoms with Crippen molar-refractivity contribution >= 4 is 12.1 Å². The first-order chi connectivity index (χ1) is 10.1. The molecule has 0 atom stereocenters. The van der Waals surface area contributed by atoms with Gasteiger partial charge in [-0.05, 0) is 18.2 Å². The number of hydrazone groups is 1. The standard InChI is InChI=1S/C14H16N4O3/c1-18-7-6-12(17-18)14(19)16-15-9-10-4-5-11(20-2)8-13(10)21-3/h4-9H,1-3H3,(H,16,19)/b15-9-. The minimum Gasteiger partial charge on any atom is -0.497 e. The van der Waals surface area contributed by atoms with Gasteiger partial charge in [0.15, 0.2) is 5.69 Å². The van der Waals surface area contributed by atoms with Crippen LogP contribution in [0.1, 0.15) is 16.1 Å². The smallest absolute Gasteiger partial charge is 0.291 e. The van der Waals surface area contributed by atoms with Gasteiger partial charge in [-0.1, -0.05) is 0 Å². The van der Waals surface area contributed by atoms with Gasteiger partial charge in [-0.25, -0.2) is 5.43 Å². The topological polar surface area (TPSA) is 77.7 Å². The lowest BCUT2D eigenvalue weighted by Crippen LogP contribution is -2.18. The van der Waals surface area contributed by atoms with Crippen LogP contribution in [0.4, 0.5) is 0 Å². The molecule has 1 aromatic heterocycles. The van der Waals surface area contributed by atoms with Crippen molar-refractivity contribution in [1.29, 1.82) is 0 Å². The number of hydrogen-bond acceptors (Lipinski definition) is 5. The van der Waals surface area contributed by atoms with E-state index in [4.69, 9.17) is 9.47 Å². The van der Waals surface area contributed by atoms with Crippen LogP contribution in [-0.2, 0) is 7.05 Å². The van der Waals surface area contributed by atoms with E-state index in [9.17, 15) is 4.79 Å². The highest BCUT2D eigenvalue weighted by molar-refractivity contribution is 5.93. The van der Waals surface area contributed by atoms with Crippen molar-refractivity contribution in [3.05, 3.63) is 41.7 Å². The van der Waals surface area contributed by atoms with Crippen LogP contribution in [0.5, 0.6) is 11.5 Å². The second-order valence-electron chi connectivity index (χ2n) is 4.18. The van der Waals surface area contributed by atoms with Crippen molar-refractivity contribution < 1.29 is 14.3 Å². The monoisotopic (exact) mass is 288 g/mol. The molecule has 0 radical (unpaired) electrons. The van der Waals surface area contributed by atoms with E-state index in [-0.39, 0.29) is 5.91 Å². The Morgan fingerprint density at radius 2 is 2.14 bits per heavy atom. The molecule has 0 unspecified atom stereocenters. The maximum absolute atomic E-state index is 11.8. The fraction of sp³-hybridized carbons (Fsp3) is 0.214. The van der Waals surface area contributed by atoms with Crippen LogP contribution in [0.25, 0.3) is 0 Å². The van der Waals surface area contributed by atoms with Crippen LogP contribution >= 0.6 is 0 Å². The van der Waals surface area contributed by atoms with Gasteiger partial charge in [-0.3, -0.25) is 9.48 Å². The third-order valence-electron chi connectivity index (χ3n) is 2.76. The van der Waals surface area contributed by atoms with Gasteiger partial charge in [0.1, 0.15) is 11.5 Å². The number of nitrogens with one attached hydrogen (secondary N) is 1. The number of hydrogen-bond donors (Lipinski definition) is 1. The molecular formula is C14H16N4O3. The summed E-state index contributed by atoms with van der Waals surface area (Å²) in [5.41, 5.74) is 3.43. The van der Waals surface area contributed by atoms with Crippen molar-refractivity contribution in [2.45, 2.75) is 0 Å². The summed E-state index contributed by atoms with van der Waals surface area (Å²) in [4.78, 5) is 11.8. The predicted molar refractivity (Wildman–Crippen MR) is 77.8 cm³/mol. The van der Waals surface area contributed by atoms with E-state index in [1.165, 1.54) is 6.21 Å². The zero-order valence-electron chi connectivity index (χ0n) is 12.0. The lowest BCUT2D eigenvalue weighted by atomic mass is 10.2. The van der Waals surface area contributed by atoms with Crippen LogP contribution in [-0.4, -0.2) is 36.1 Å². The largest absolute Gasteiger partial charge is 0.497 e. The van der Waals surface area contributed by atoms with Crippen LogP contribution in [0.15, 0.2) is 35.6 Å². The lowest BCUT2D eigenvalue weighted by molar-refractivity contribution is 0.0949. The minimum atomic E-state index is -0.376. The quantitative estimate of drug-likeness (QED) is 0.662. The van der Waals surface area contributed by atoms with E-state index >= 15 is 0 Å². The lowest BCUT2D eigenvalue weighted by Gasteiger charge is -2.06. The maximum Gasteiger partial charge on any atom is 0.291 e. The molecule has 0 aliphatic heterocycles. The van der Waals surface area contributed by atoms with Crippen molar-refractivity contribution in [1.82, 2.24) is 15.2 Å². The summed E-state index contributed by atoms with van der Waals surface area (Å²) >= 11 is 0. The Bertz CT molecular complexity index is 664. The zero-order valence-corrected chi connectivity index (χ0v) is 12.0. The Morgan fingerprint density at radius 1 is 1.33 bits per heavy atom. The molecule has 110 valence electrons. The second kappa shape index (κ2) is 6.56. The molecule has 0 aliphatic carbocycles. The van der Waals surface area contributed by atoms with Crippen LogP contribution in [0.2, 0.25) is 0 Å². The van der Waals surface area contributed by atoms with E-state index in [1.54, 1.807) is 56.4 Å². The molecule has 7 nitrogen and oxygen atoms in total. The van der Waals surface area contributed by atoms with E-state index in [0.29, 0.717) is 17.2 Å². The van der Waals surface area contributed by atoms with Crippen molar-refractivity contribution in [3.63, 3.8) is 0 Å². The summed E-state index contributed by atoms with van der Waals surface area (Å²) in [6, 6.07) is 6.92. The fourth-order valence-electron chi connectivity index (χ4n) is 1.68. The summed E-state index contributed by atoms with van der Waals surface area (Å²) in [5.74, 6) is 0.908. The van der Waals surface area contributed by atoms with E-state index in [0.717, 1.165) is 5.56 Å². The van der Waals surface area contributed by atoms with Gasteiger partial charge < -0.3 is 9.47 Å². The summed E-state index contributed by atoms with van der Waals surface area (Å²) in [6.45, 7) is 0. The molecule has 0 saturated carbocycles. The average Bonchev–Trinajstić information content (AvgIpc) is 2.94. The highest BCUT2D eigenvalue weighted by Crippen LogP contribution is 2.22. The Balaban J connectivity index is 2.06. The number of aromatic nitrogens is 2. The van der Waals surface area contributed by atoms with Crippen molar-refractivity contribution in [2.75, 3.05) is 14.2 Å². The predicted octanol–water partition coefficient (Wildman–Crippen LogP) is 1.20. The summed E-state index contributed by atoms with van der Waals surface area (Å²) < 4.78 is 11.9. The Hall–Kier alpha value is -2.83. The molecular weight excluding hydrogens is 272 g/mol. The van der Waals surface area contributed by atoms with Gasteiger partial charge >= 0.3 is 0 Å². The molecule has 2 aromatic rings. The molecule has 0 aliphatic rings. The number of rotatable bonds is 5. The highest BCUT2D eigenvalue weighted by atomic mass is 16.5. The van der Waals surface area contributed by atoms with Gasteiger partial charge in [0.2, 0.25) is 0 Å². The van der Waals surface area contributed by atoms with Crippen LogP contribution in [0.3, 0.4) is 0 Å². The van der Waals surface area contributed by atoms with Gasteiger partial charge in [-0.15, -0.1) is 0 Å². The van der Waals surface area contributed by atoms with Gasteiger partial charge in [0, 0.05) is 24.9 Å². The number of aryl methyl sites for hydroxylation is 1. The molecule has 0 saturated heterocycles. The molecule has 0 spiro atoms. The molecule has 1 N–H and O–H groups in total. The number of nitrogens with zero attached hydrogens (tertiary/aromatic N) is 3. The molecule has 7 heteroatoms.